The molecule has 0 amide bonds. The van der Waals surface area contributed by atoms with Gasteiger partial charge in [-0.05, 0) is 32.1 Å². The summed E-state index contributed by atoms with van der Waals surface area (Å²) in [6.45, 7) is 4.88. The predicted octanol–water partition coefficient (Wildman–Crippen LogP) is 6.28. The van der Waals surface area contributed by atoms with Crippen LogP contribution >= 0.6 is 0 Å². The summed E-state index contributed by atoms with van der Waals surface area (Å²) in [6, 6.07) is 0. The highest BCUT2D eigenvalue weighted by Crippen LogP contribution is 2.20. The minimum atomic E-state index is 0.554. The van der Waals surface area contributed by atoms with Crippen molar-refractivity contribution in [3.05, 3.63) is 13.3 Å². The molecule has 1 aliphatic carbocycles. The van der Waals surface area contributed by atoms with Crippen molar-refractivity contribution in [3.63, 3.8) is 0 Å². The van der Waals surface area contributed by atoms with E-state index in [0.29, 0.717) is 6.10 Å². The first-order valence-corrected chi connectivity index (χ1v) is 9.16. The van der Waals surface area contributed by atoms with Gasteiger partial charge in [-0.2, -0.15) is 0 Å². The fourth-order valence-corrected chi connectivity index (χ4v) is 3.00. The van der Waals surface area contributed by atoms with Crippen LogP contribution in [-0.2, 0) is 4.74 Å². The molecule has 0 aromatic rings. The van der Waals surface area contributed by atoms with E-state index < -0.39 is 0 Å². The zero-order chi connectivity index (χ0) is 14.3. The smallest absolute Gasteiger partial charge is 0.0578 e. The lowest BCUT2D eigenvalue weighted by molar-refractivity contribution is 0.0573. The summed E-state index contributed by atoms with van der Waals surface area (Å²) >= 11 is 0. The molecule has 0 heterocycles. The van der Waals surface area contributed by atoms with Gasteiger partial charge >= 0.3 is 0 Å². The molecule has 0 N–H and O–H groups in total. The van der Waals surface area contributed by atoms with Gasteiger partial charge in [-0.3, -0.25) is 0 Å². The second-order valence-electron chi connectivity index (χ2n) is 6.34. The van der Waals surface area contributed by atoms with Crippen LogP contribution in [0, 0.1) is 13.3 Å². The Morgan fingerprint density at radius 2 is 1.35 bits per heavy atom. The van der Waals surface area contributed by atoms with Crippen molar-refractivity contribution < 1.29 is 4.74 Å². The second-order valence-corrected chi connectivity index (χ2v) is 6.34. The number of rotatable bonds is 14. The van der Waals surface area contributed by atoms with Crippen LogP contribution in [0.1, 0.15) is 96.3 Å². The summed E-state index contributed by atoms with van der Waals surface area (Å²) in [6.07, 6.45) is 23.1. The number of ether oxygens (including phenoxy) is 1. The van der Waals surface area contributed by atoms with E-state index >= 15 is 0 Å². The Labute approximate surface area is 127 Å². The number of unbranched alkanes of at least 4 members (excludes halogenated alkanes) is 11. The summed E-state index contributed by atoms with van der Waals surface area (Å²) < 4.78 is 5.86. The quantitative estimate of drug-likeness (QED) is 0.340. The Morgan fingerprint density at radius 3 is 1.85 bits per heavy atom. The van der Waals surface area contributed by atoms with Gasteiger partial charge in [-0.25, -0.2) is 0 Å². The SMILES string of the molecule is [CH2]CCCCCCCCCCCCCOC1C[CH]CC1. The third-order valence-corrected chi connectivity index (χ3v) is 4.37. The van der Waals surface area contributed by atoms with Crippen molar-refractivity contribution in [2.75, 3.05) is 6.61 Å². The van der Waals surface area contributed by atoms with Crippen molar-refractivity contribution in [2.45, 2.75) is 102 Å². The van der Waals surface area contributed by atoms with Gasteiger partial charge in [0, 0.05) is 6.61 Å². The monoisotopic (exact) mass is 280 g/mol. The molecule has 1 aliphatic rings. The van der Waals surface area contributed by atoms with Crippen LogP contribution in [0.3, 0.4) is 0 Å². The molecule has 0 aromatic heterocycles. The summed E-state index contributed by atoms with van der Waals surface area (Å²) in [4.78, 5) is 0. The van der Waals surface area contributed by atoms with Crippen molar-refractivity contribution >= 4 is 0 Å². The van der Waals surface area contributed by atoms with Crippen LogP contribution in [0.2, 0.25) is 0 Å². The van der Waals surface area contributed by atoms with E-state index in [1.54, 1.807) is 0 Å². The van der Waals surface area contributed by atoms with Gasteiger partial charge in [0.15, 0.2) is 0 Å². The maximum atomic E-state index is 5.86. The molecule has 118 valence electrons. The highest BCUT2D eigenvalue weighted by Gasteiger charge is 2.14. The van der Waals surface area contributed by atoms with Gasteiger partial charge in [0.1, 0.15) is 0 Å². The average Bonchev–Trinajstić information content (AvgIpc) is 2.97. The van der Waals surface area contributed by atoms with Gasteiger partial charge in [0.05, 0.1) is 6.10 Å². The highest BCUT2D eigenvalue weighted by molar-refractivity contribution is 4.80. The molecule has 1 unspecified atom stereocenters. The third kappa shape index (κ3) is 10.7. The Balaban J connectivity index is 1.66. The van der Waals surface area contributed by atoms with Crippen LogP contribution in [-0.4, -0.2) is 12.7 Å². The van der Waals surface area contributed by atoms with E-state index in [0.717, 1.165) is 13.0 Å². The molecule has 0 aromatic carbocycles. The zero-order valence-electron chi connectivity index (χ0n) is 13.6. The molecular formula is C19H36O. The lowest BCUT2D eigenvalue weighted by atomic mass is 10.1. The van der Waals surface area contributed by atoms with Crippen molar-refractivity contribution in [1.82, 2.24) is 0 Å². The molecule has 1 rings (SSSR count). The molecule has 0 saturated heterocycles. The topological polar surface area (TPSA) is 9.23 Å². The minimum absolute atomic E-state index is 0.554. The van der Waals surface area contributed by atoms with Crippen LogP contribution in [0.25, 0.3) is 0 Å². The summed E-state index contributed by atoms with van der Waals surface area (Å²) in [5.74, 6) is 0. The normalized spacial score (nSPS) is 16.1. The largest absolute Gasteiger partial charge is 0.378 e. The first kappa shape index (κ1) is 18.0. The van der Waals surface area contributed by atoms with Crippen LogP contribution < -0.4 is 0 Å². The van der Waals surface area contributed by atoms with Gasteiger partial charge in [0.25, 0.3) is 0 Å². The highest BCUT2D eigenvalue weighted by atomic mass is 16.5. The molecule has 1 saturated carbocycles. The number of hydrogen-bond donors (Lipinski definition) is 0. The predicted molar refractivity (Wildman–Crippen MR) is 88.7 cm³/mol. The standard InChI is InChI=1S/C19H36O/c1-2-3-4-5-6-7-8-9-10-11-12-15-18-20-19-16-13-14-17-19/h13,19H,1-12,14-18H2. The first-order chi connectivity index (χ1) is 9.93. The maximum Gasteiger partial charge on any atom is 0.0578 e. The van der Waals surface area contributed by atoms with Crippen LogP contribution in [0.4, 0.5) is 0 Å². The van der Waals surface area contributed by atoms with Gasteiger partial charge < -0.3 is 4.74 Å². The summed E-state index contributed by atoms with van der Waals surface area (Å²) in [5.41, 5.74) is 0. The van der Waals surface area contributed by atoms with Crippen LogP contribution in [0.5, 0.6) is 0 Å². The van der Waals surface area contributed by atoms with E-state index in [9.17, 15) is 0 Å². The average molecular weight is 280 g/mol. The zero-order valence-corrected chi connectivity index (χ0v) is 13.6. The lowest BCUT2D eigenvalue weighted by Gasteiger charge is -2.10. The Bertz CT molecular complexity index is 184. The van der Waals surface area contributed by atoms with Crippen molar-refractivity contribution in [1.29, 1.82) is 0 Å². The van der Waals surface area contributed by atoms with Gasteiger partial charge in [-0.15, -0.1) is 0 Å². The molecule has 1 fully saturated rings. The van der Waals surface area contributed by atoms with Gasteiger partial charge in [0.2, 0.25) is 0 Å². The van der Waals surface area contributed by atoms with E-state index in [1.165, 1.54) is 89.9 Å². The molecular weight excluding hydrogens is 244 g/mol. The molecule has 2 radical (unpaired) electrons. The van der Waals surface area contributed by atoms with Gasteiger partial charge in [-0.1, -0.05) is 77.6 Å². The molecule has 1 heteroatoms. The summed E-state index contributed by atoms with van der Waals surface area (Å²) in [7, 11) is 0. The first-order valence-electron chi connectivity index (χ1n) is 9.16. The molecule has 0 aliphatic heterocycles. The molecule has 1 nitrogen and oxygen atoms in total. The van der Waals surface area contributed by atoms with E-state index in [-0.39, 0.29) is 0 Å². The number of hydrogen-bond acceptors (Lipinski definition) is 1. The lowest BCUT2D eigenvalue weighted by Crippen LogP contribution is -2.08. The molecule has 0 bridgehead atoms. The van der Waals surface area contributed by atoms with E-state index in [4.69, 9.17) is 4.74 Å². The van der Waals surface area contributed by atoms with Crippen LogP contribution in [0.15, 0.2) is 0 Å². The van der Waals surface area contributed by atoms with Crippen molar-refractivity contribution in [3.8, 4) is 0 Å². The van der Waals surface area contributed by atoms with E-state index in [1.807, 2.05) is 0 Å². The third-order valence-electron chi connectivity index (χ3n) is 4.37. The molecule has 1 atom stereocenters. The second kappa shape index (κ2) is 13.9. The minimum Gasteiger partial charge on any atom is -0.378 e. The Kier molecular flexibility index (Phi) is 12.5. The Hall–Kier alpha value is -0.0400. The Morgan fingerprint density at radius 1 is 0.800 bits per heavy atom. The molecule has 0 spiro atoms. The fraction of sp³-hybridized carbons (Fsp3) is 0.895. The van der Waals surface area contributed by atoms with E-state index in [2.05, 4.69) is 13.3 Å². The fourth-order valence-electron chi connectivity index (χ4n) is 3.00. The summed E-state index contributed by atoms with van der Waals surface area (Å²) in [5, 5.41) is 0. The van der Waals surface area contributed by atoms with Crippen molar-refractivity contribution in [2.24, 2.45) is 0 Å². The maximum absolute atomic E-state index is 5.86. The molecule has 20 heavy (non-hydrogen) atoms.